The summed E-state index contributed by atoms with van der Waals surface area (Å²) < 4.78 is 34.8. The van der Waals surface area contributed by atoms with Crippen LogP contribution in [0.4, 0.5) is 0 Å². The van der Waals surface area contributed by atoms with Gasteiger partial charge in [0.1, 0.15) is 19.3 Å². The molecule has 0 saturated heterocycles. The van der Waals surface area contributed by atoms with Gasteiger partial charge < -0.3 is 27.9 Å². The van der Waals surface area contributed by atoms with Crippen molar-refractivity contribution < 1.29 is 37.3 Å². The number of phosphoric acid groups is 1. The van der Waals surface area contributed by atoms with Gasteiger partial charge in [0, 0.05) is 13.0 Å². The summed E-state index contributed by atoms with van der Waals surface area (Å²) in [5.74, 6) is -0.330. The number of quaternary nitrogens is 1. The van der Waals surface area contributed by atoms with Gasteiger partial charge in [-0.1, -0.05) is 242 Å². The Kier molecular flexibility index (Phi) is 48.7. The summed E-state index contributed by atoms with van der Waals surface area (Å²) in [5.41, 5.74) is 0. The fraction of sp³-hybridized carbons (Fsp3) is 0.842. The quantitative estimate of drug-likeness (QED) is 0.0197. The third kappa shape index (κ3) is 53.4. The van der Waals surface area contributed by atoms with E-state index in [0.717, 1.165) is 57.8 Å². The number of hydrogen-bond acceptors (Lipinski definition) is 7. The van der Waals surface area contributed by atoms with Gasteiger partial charge in [0.25, 0.3) is 7.82 Å². The van der Waals surface area contributed by atoms with E-state index >= 15 is 0 Å². The zero-order valence-electron chi connectivity index (χ0n) is 44.1. The number of allylic oxidation sites excluding steroid dienone is 8. The number of carbonyl (C=O) groups excluding carboxylic acids is 1. The largest absolute Gasteiger partial charge is 0.756 e. The maximum Gasteiger partial charge on any atom is 0.306 e. The normalized spacial score (nSPS) is 13.8. The van der Waals surface area contributed by atoms with Crippen molar-refractivity contribution in [3.05, 3.63) is 48.6 Å². The predicted octanol–water partition coefficient (Wildman–Crippen LogP) is 16.8. The number of nitrogens with zero attached hydrogens (tertiary/aromatic N) is 1. The second-order valence-electron chi connectivity index (χ2n) is 19.9. The Bertz CT molecular complexity index is 1200. The molecule has 0 amide bonds. The van der Waals surface area contributed by atoms with Crippen LogP contribution in [0.1, 0.15) is 251 Å². The highest BCUT2D eigenvalue weighted by Gasteiger charge is 2.20. The fourth-order valence-electron chi connectivity index (χ4n) is 7.89. The van der Waals surface area contributed by atoms with Crippen LogP contribution in [0.3, 0.4) is 0 Å². The summed E-state index contributed by atoms with van der Waals surface area (Å²) in [7, 11) is 1.36. The van der Waals surface area contributed by atoms with E-state index in [1.54, 1.807) is 0 Å². The van der Waals surface area contributed by atoms with E-state index in [-0.39, 0.29) is 25.8 Å². The molecule has 2 unspecified atom stereocenters. The zero-order valence-corrected chi connectivity index (χ0v) is 45.0. The van der Waals surface area contributed by atoms with Gasteiger partial charge in [0.15, 0.2) is 0 Å². The summed E-state index contributed by atoms with van der Waals surface area (Å²) in [6, 6.07) is 0. The summed E-state index contributed by atoms with van der Waals surface area (Å²) in [6.07, 6.45) is 62.9. The van der Waals surface area contributed by atoms with Crippen molar-refractivity contribution in [3.8, 4) is 0 Å². The van der Waals surface area contributed by atoms with Crippen LogP contribution in [0.2, 0.25) is 0 Å². The van der Waals surface area contributed by atoms with Crippen LogP contribution in [0, 0.1) is 0 Å². The standard InChI is InChI=1S/C57H108NO7P/c1-6-8-10-12-14-16-18-20-22-24-26-27-28-29-30-31-32-33-35-37-39-41-43-45-47-49-52-62-54-56(55-64-66(60,61)63-53-51-58(3,4)5)65-57(59)50-48-46-44-42-40-38-36-34-25-23-21-19-17-15-13-11-9-7-2/h8,10,14,16,20,22,26-27,56H,6-7,9,11-13,15,17-19,21,23-25,28-55H2,1-5H3/b10-8-,16-14-,22-20-,27-26-. The van der Waals surface area contributed by atoms with Crippen molar-refractivity contribution in [1.82, 2.24) is 0 Å². The summed E-state index contributed by atoms with van der Waals surface area (Å²) in [5, 5.41) is 0. The first-order valence-corrected chi connectivity index (χ1v) is 29.3. The first-order valence-electron chi connectivity index (χ1n) is 27.9. The minimum atomic E-state index is -4.53. The second kappa shape index (κ2) is 49.9. The van der Waals surface area contributed by atoms with Crippen LogP contribution in [0.15, 0.2) is 48.6 Å². The monoisotopic (exact) mass is 950 g/mol. The Balaban J connectivity index is 4.05. The molecule has 0 spiro atoms. The molecule has 0 aliphatic carbocycles. The van der Waals surface area contributed by atoms with Crippen molar-refractivity contribution in [2.75, 3.05) is 54.1 Å². The number of hydrogen-bond donors (Lipinski definition) is 0. The molecule has 8 nitrogen and oxygen atoms in total. The van der Waals surface area contributed by atoms with Gasteiger partial charge >= 0.3 is 5.97 Å². The highest BCUT2D eigenvalue weighted by atomic mass is 31.2. The maximum absolute atomic E-state index is 12.8. The van der Waals surface area contributed by atoms with Crippen molar-refractivity contribution in [1.29, 1.82) is 0 Å². The lowest BCUT2D eigenvalue weighted by Crippen LogP contribution is -2.37. The molecule has 0 aliphatic rings. The molecule has 0 radical (unpaired) electrons. The van der Waals surface area contributed by atoms with E-state index in [9.17, 15) is 14.3 Å². The zero-order chi connectivity index (χ0) is 48.3. The average Bonchev–Trinajstić information content (AvgIpc) is 3.28. The van der Waals surface area contributed by atoms with Gasteiger partial charge in [-0.25, -0.2) is 0 Å². The minimum absolute atomic E-state index is 0.0270. The first kappa shape index (κ1) is 64.5. The molecule has 0 bridgehead atoms. The molecule has 66 heavy (non-hydrogen) atoms. The van der Waals surface area contributed by atoms with Crippen molar-refractivity contribution in [2.45, 2.75) is 258 Å². The van der Waals surface area contributed by atoms with E-state index in [1.807, 2.05) is 21.1 Å². The lowest BCUT2D eigenvalue weighted by Gasteiger charge is -2.28. The van der Waals surface area contributed by atoms with Gasteiger partial charge in [-0.3, -0.25) is 9.36 Å². The Morgan fingerprint density at radius 1 is 0.485 bits per heavy atom. The maximum atomic E-state index is 12.8. The molecule has 388 valence electrons. The van der Waals surface area contributed by atoms with Crippen LogP contribution < -0.4 is 4.89 Å². The minimum Gasteiger partial charge on any atom is -0.756 e. The molecular formula is C57H108NO7P. The number of phosphoric ester groups is 1. The van der Waals surface area contributed by atoms with Crippen LogP contribution >= 0.6 is 7.82 Å². The van der Waals surface area contributed by atoms with E-state index in [1.165, 1.54) is 173 Å². The molecule has 0 heterocycles. The highest BCUT2D eigenvalue weighted by Crippen LogP contribution is 2.38. The van der Waals surface area contributed by atoms with Crippen molar-refractivity contribution >= 4 is 13.8 Å². The molecule has 0 fully saturated rings. The lowest BCUT2D eigenvalue weighted by molar-refractivity contribution is -0.870. The van der Waals surface area contributed by atoms with Crippen molar-refractivity contribution in [2.24, 2.45) is 0 Å². The van der Waals surface area contributed by atoms with Gasteiger partial charge in [-0.15, -0.1) is 0 Å². The van der Waals surface area contributed by atoms with Gasteiger partial charge in [-0.05, 0) is 51.4 Å². The molecule has 0 aromatic carbocycles. The van der Waals surface area contributed by atoms with Crippen LogP contribution in [-0.2, 0) is 27.9 Å². The van der Waals surface area contributed by atoms with Gasteiger partial charge in [0.05, 0.1) is 34.4 Å². The third-order valence-corrected chi connectivity index (χ3v) is 13.1. The Morgan fingerprint density at radius 3 is 1.32 bits per heavy atom. The number of ether oxygens (including phenoxy) is 2. The smallest absolute Gasteiger partial charge is 0.306 e. The Labute approximate surface area is 409 Å². The topological polar surface area (TPSA) is 94.1 Å². The van der Waals surface area contributed by atoms with E-state index < -0.39 is 13.9 Å². The molecule has 0 rings (SSSR count). The number of carbonyl (C=O) groups is 1. The number of unbranched alkanes of at least 4 members (excludes halogenated alkanes) is 30. The average molecular weight is 950 g/mol. The molecular weight excluding hydrogens is 842 g/mol. The molecule has 0 N–H and O–H groups in total. The molecule has 0 aromatic rings. The van der Waals surface area contributed by atoms with Crippen LogP contribution in [0.5, 0.6) is 0 Å². The molecule has 0 aliphatic heterocycles. The molecule has 0 aromatic heterocycles. The first-order chi connectivity index (χ1) is 32.1. The fourth-order valence-corrected chi connectivity index (χ4v) is 8.62. The lowest BCUT2D eigenvalue weighted by atomic mass is 10.0. The molecule has 9 heteroatoms. The van der Waals surface area contributed by atoms with Gasteiger partial charge in [0.2, 0.25) is 0 Å². The summed E-state index contributed by atoms with van der Waals surface area (Å²) in [4.78, 5) is 25.2. The van der Waals surface area contributed by atoms with E-state index in [2.05, 4.69) is 62.5 Å². The van der Waals surface area contributed by atoms with Crippen molar-refractivity contribution in [3.63, 3.8) is 0 Å². The van der Waals surface area contributed by atoms with E-state index in [4.69, 9.17) is 18.5 Å². The SMILES string of the molecule is CC/C=C\C/C=C\C/C=C\C/C=C\CCCCCCCCCCCCCCCOCC(COP(=O)([O-])OCC[N+](C)(C)C)OC(=O)CCCCCCCCCCCCCCCCCCCC. The summed E-state index contributed by atoms with van der Waals surface area (Å²) >= 11 is 0. The van der Waals surface area contributed by atoms with Gasteiger partial charge in [-0.2, -0.15) is 0 Å². The number of likely N-dealkylation sites (N-methyl/N-ethyl adjacent to an activating group) is 1. The Hall–Kier alpha value is -1.54. The highest BCUT2D eigenvalue weighted by molar-refractivity contribution is 7.45. The third-order valence-electron chi connectivity index (χ3n) is 12.1. The van der Waals surface area contributed by atoms with Crippen LogP contribution in [0.25, 0.3) is 0 Å². The molecule has 0 saturated carbocycles. The predicted molar refractivity (Wildman–Crippen MR) is 282 cm³/mol. The second-order valence-corrected chi connectivity index (χ2v) is 21.3. The van der Waals surface area contributed by atoms with E-state index in [0.29, 0.717) is 24.1 Å². The summed E-state index contributed by atoms with van der Waals surface area (Å²) in [6.45, 7) is 5.34. The molecule has 2 atom stereocenters. The number of esters is 1. The Morgan fingerprint density at radius 2 is 0.879 bits per heavy atom. The van der Waals surface area contributed by atoms with Crippen LogP contribution in [-0.4, -0.2) is 70.7 Å². The number of rotatable bonds is 52.